The largest absolute Gasteiger partial charge is 0.477 e. The van der Waals surface area contributed by atoms with Crippen molar-refractivity contribution in [2.24, 2.45) is 0 Å². The number of hydrogen-bond donors (Lipinski definition) is 1. The summed E-state index contributed by atoms with van der Waals surface area (Å²) in [6.07, 6.45) is 0.571. The molecule has 0 aliphatic carbocycles. The summed E-state index contributed by atoms with van der Waals surface area (Å²) in [6.45, 7) is 2.45. The van der Waals surface area contributed by atoms with Gasteiger partial charge in [-0.1, -0.05) is 43.1 Å². The fourth-order valence-electron chi connectivity index (χ4n) is 2.27. The Bertz CT molecular complexity index is 1090. The molecule has 0 aliphatic heterocycles. The van der Waals surface area contributed by atoms with Crippen LogP contribution in [0.2, 0.25) is 5.15 Å². The maximum Gasteiger partial charge on any atom is 0.426 e. The van der Waals surface area contributed by atoms with E-state index in [-0.39, 0.29) is 22.4 Å². The molecule has 0 bridgehead atoms. The number of nitrogens with one attached hydrogen (secondary N) is 1. The molecule has 1 aromatic carbocycles. The van der Waals surface area contributed by atoms with Crippen LogP contribution in [0.5, 0.6) is 11.6 Å². The van der Waals surface area contributed by atoms with E-state index in [4.69, 9.17) is 21.1 Å². The molecule has 9 nitrogen and oxygen atoms in total. The average molecular weight is 425 g/mol. The van der Waals surface area contributed by atoms with Gasteiger partial charge in [-0.15, -0.1) is 5.10 Å². The first kappa shape index (κ1) is 19.9. The van der Waals surface area contributed by atoms with E-state index in [9.17, 15) is 13.2 Å². The quantitative estimate of drug-likeness (QED) is 0.580. The summed E-state index contributed by atoms with van der Waals surface area (Å²) in [4.78, 5) is 15.9. The number of carbonyl (C=O) groups excluding carboxylic acids is 1. The van der Waals surface area contributed by atoms with Gasteiger partial charge in [0.2, 0.25) is 10.9 Å². The SMILES string of the molecule is CCCCOc1ccc2nc(Cl)c(S(=O)(=O)NC(=O)Oc3ccccc3)n2n1. The van der Waals surface area contributed by atoms with Gasteiger partial charge in [0.15, 0.2) is 10.8 Å². The van der Waals surface area contributed by atoms with Gasteiger partial charge in [0.05, 0.1) is 6.61 Å². The first-order valence-corrected chi connectivity index (χ1v) is 10.2. The lowest BCUT2D eigenvalue weighted by Crippen LogP contribution is -2.34. The van der Waals surface area contributed by atoms with Crippen LogP contribution in [0.3, 0.4) is 0 Å². The Labute approximate surface area is 166 Å². The highest BCUT2D eigenvalue weighted by atomic mass is 35.5. The molecule has 0 fully saturated rings. The van der Waals surface area contributed by atoms with Crippen LogP contribution < -0.4 is 14.2 Å². The van der Waals surface area contributed by atoms with Crippen molar-refractivity contribution < 1.29 is 22.7 Å². The second-order valence-electron chi connectivity index (χ2n) is 5.66. The van der Waals surface area contributed by atoms with Crippen molar-refractivity contribution >= 4 is 33.4 Å². The number of benzene rings is 1. The zero-order valence-corrected chi connectivity index (χ0v) is 16.4. The number of para-hydroxylation sites is 1. The molecule has 3 rings (SSSR count). The predicted octanol–water partition coefficient (Wildman–Crippen LogP) is 3.04. The van der Waals surface area contributed by atoms with Crippen LogP contribution >= 0.6 is 11.6 Å². The highest BCUT2D eigenvalue weighted by Crippen LogP contribution is 2.23. The fourth-order valence-corrected chi connectivity index (χ4v) is 3.73. The summed E-state index contributed by atoms with van der Waals surface area (Å²) in [6, 6.07) is 11.1. The number of unbranched alkanes of at least 4 members (excludes halogenated alkanes) is 1. The molecule has 148 valence electrons. The summed E-state index contributed by atoms with van der Waals surface area (Å²) in [7, 11) is -4.41. The molecule has 0 aliphatic rings. The number of halogens is 1. The molecule has 2 heterocycles. The van der Waals surface area contributed by atoms with E-state index in [1.54, 1.807) is 29.0 Å². The van der Waals surface area contributed by atoms with Crippen LogP contribution in [0.15, 0.2) is 47.5 Å². The summed E-state index contributed by atoms with van der Waals surface area (Å²) in [5.74, 6) is 0.391. The van der Waals surface area contributed by atoms with Crippen molar-refractivity contribution in [1.29, 1.82) is 0 Å². The zero-order valence-electron chi connectivity index (χ0n) is 14.8. The van der Waals surface area contributed by atoms with Crippen molar-refractivity contribution in [3.05, 3.63) is 47.6 Å². The summed E-state index contributed by atoms with van der Waals surface area (Å²) in [5.41, 5.74) is 0.185. The molecule has 3 aromatic rings. The van der Waals surface area contributed by atoms with Gasteiger partial charge in [-0.05, 0) is 24.6 Å². The third kappa shape index (κ3) is 4.52. The lowest BCUT2D eigenvalue weighted by atomic mass is 10.3. The minimum atomic E-state index is -4.41. The van der Waals surface area contributed by atoms with E-state index in [0.29, 0.717) is 6.61 Å². The van der Waals surface area contributed by atoms with Gasteiger partial charge in [-0.25, -0.2) is 14.5 Å². The molecule has 2 aromatic heterocycles. The topological polar surface area (TPSA) is 112 Å². The van der Waals surface area contributed by atoms with Crippen molar-refractivity contribution in [3.8, 4) is 11.6 Å². The normalized spacial score (nSPS) is 11.4. The maximum atomic E-state index is 12.7. The Hall–Kier alpha value is -2.85. The molecule has 0 atom stereocenters. The highest BCUT2D eigenvalue weighted by molar-refractivity contribution is 7.90. The fraction of sp³-hybridized carbons (Fsp3) is 0.235. The second-order valence-corrected chi connectivity index (χ2v) is 7.62. The van der Waals surface area contributed by atoms with Gasteiger partial charge in [0, 0.05) is 6.07 Å². The van der Waals surface area contributed by atoms with E-state index in [1.807, 2.05) is 6.92 Å². The van der Waals surface area contributed by atoms with Crippen molar-refractivity contribution in [3.63, 3.8) is 0 Å². The summed E-state index contributed by atoms with van der Waals surface area (Å²) < 4.78 is 38.5. The smallest absolute Gasteiger partial charge is 0.426 e. The van der Waals surface area contributed by atoms with Crippen LogP contribution in [0.25, 0.3) is 5.65 Å². The third-order valence-corrected chi connectivity index (χ3v) is 5.23. The number of carbonyl (C=O) groups is 1. The molecule has 0 spiro atoms. The molecule has 0 radical (unpaired) electrons. The van der Waals surface area contributed by atoms with E-state index in [2.05, 4.69) is 10.1 Å². The number of amides is 1. The van der Waals surface area contributed by atoms with Gasteiger partial charge in [-0.3, -0.25) is 0 Å². The number of aromatic nitrogens is 3. The molecule has 1 N–H and O–H groups in total. The highest BCUT2D eigenvalue weighted by Gasteiger charge is 2.28. The van der Waals surface area contributed by atoms with Crippen LogP contribution in [-0.2, 0) is 10.0 Å². The Morgan fingerprint density at radius 2 is 1.96 bits per heavy atom. The van der Waals surface area contributed by atoms with E-state index >= 15 is 0 Å². The van der Waals surface area contributed by atoms with Gasteiger partial charge in [-0.2, -0.15) is 12.9 Å². The third-order valence-electron chi connectivity index (χ3n) is 3.55. The second kappa shape index (κ2) is 8.44. The lowest BCUT2D eigenvalue weighted by Gasteiger charge is -2.08. The summed E-state index contributed by atoms with van der Waals surface area (Å²) >= 11 is 5.99. The van der Waals surface area contributed by atoms with E-state index < -0.39 is 21.1 Å². The molecule has 0 unspecified atom stereocenters. The number of nitrogens with zero attached hydrogens (tertiary/aromatic N) is 3. The summed E-state index contributed by atoms with van der Waals surface area (Å²) in [5, 5.41) is 3.28. The molecule has 0 saturated heterocycles. The molecule has 0 saturated carbocycles. The molecular weight excluding hydrogens is 408 g/mol. The minimum Gasteiger partial charge on any atom is -0.477 e. The first-order chi connectivity index (χ1) is 13.4. The maximum absolute atomic E-state index is 12.7. The first-order valence-electron chi connectivity index (χ1n) is 8.38. The van der Waals surface area contributed by atoms with Gasteiger partial charge in [0.1, 0.15) is 5.75 Å². The standard InChI is InChI=1S/C17H17ClN4O5S/c1-2-3-11-26-14-10-9-13-19-15(18)16(22(13)20-14)28(24,25)21-17(23)27-12-7-5-4-6-8-12/h4-10H,2-3,11H2,1H3,(H,21,23). The van der Waals surface area contributed by atoms with Crippen LogP contribution in [0, 0.1) is 0 Å². The molecule has 1 amide bonds. The van der Waals surface area contributed by atoms with Crippen molar-refractivity contribution in [1.82, 2.24) is 19.3 Å². The molecular formula is C17H17ClN4O5S. The Morgan fingerprint density at radius 3 is 2.68 bits per heavy atom. The van der Waals surface area contributed by atoms with E-state index in [1.165, 1.54) is 18.2 Å². The minimum absolute atomic E-state index is 0.184. The lowest BCUT2D eigenvalue weighted by molar-refractivity contribution is 0.206. The zero-order chi connectivity index (χ0) is 20.1. The average Bonchev–Trinajstić information content (AvgIpc) is 2.98. The van der Waals surface area contributed by atoms with Gasteiger partial charge >= 0.3 is 6.09 Å². The van der Waals surface area contributed by atoms with E-state index in [0.717, 1.165) is 17.4 Å². The van der Waals surface area contributed by atoms with Crippen LogP contribution in [0.1, 0.15) is 19.8 Å². The number of rotatable bonds is 7. The predicted molar refractivity (Wildman–Crippen MR) is 101 cm³/mol. The van der Waals surface area contributed by atoms with Crippen LogP contribution in [0.4, 0.5) is 4.79 Å². The molecule has 28 heavy (non-hydrogen) atoms. The Morgan fingerprint density at radius 1 is 1.21 bits per heavy atom. The number of hydrogen-bond acceptors (Lipinski definition) is 7. The Balaban J connectivity index is 1.86. The van der Waals surface area contributed by atoms with Gasteiger partial charge in [0.25, 0.3) is 10.0 Å². The Kier molecular flexibility index (Phi) is 6.00. The van der Waals surface area contributed by atoms with Crippen molar-refractivity contribution in [2.75, 3.05) is 6.61 Å². The van der Waals surface area contributed by atoms with Crippen molar-refractivity contribution in [2.45, 2.75) is 24.8 Å². The molecule has 11 heteroatoms. The number of imidazole rings is 1. The number of fused-ring (bicyclic) bond motifs is 1. The monoisotopic (exact) mass is 424 g/mol. The number of ether oxygens (including phenoxy) is 2. The van der Waals surface area contributed by atoms with Crippen LogP contribution in [-0.4, -0.2) is 35.7 Å². The number of sulfonamides is 1. The van der Waals surface area contributed by atoms with Gasteiger partial charge < -0.3 is 9.47 Å².